The molecule has 2 saturated heterocycles. The van der Waals surface area contributed by atoms with Crippen LogP contribution in [-0.4, -0.2) is 28.2 Å². The van der Waals surface area contributed by atoms with E-state index in [0.29, 0.717) is 29.6 Å². The predicted octanol–water partition coefficient (Wildman–Crippen LogP) is 3.97. The first-order chi connectivity index (χ1) is 13.3. The summed E-state index contributed by atoms with van der Waals surface area (Å²) in [7, 11) is 0. The van der Waals surface area contributed by atoms with Crippen molar-refractivity contribution >= 4 is 5.82 Å². The number of aromatic amines is 1. The molecule has 28 heavy (non-hydrogen) atoms. The number of nitrogens with zero attached hydrogens (tertiary/aromatic N) is 1. The van der Waals surface area contributed by atoms with Gasteiger partial charge in [-0.3, -0.25) is 4.98 Å². The van der Waals surface area contributed by atoms with E-state index >= 15 is 0 Å². The van der Waals surface area contributed by atoms with Crippen molar-refractivity contribution in [3.8, 4) is 0 Å². The zero-order chi connectivity index (χ0) is 19.7. The van der Waals surface area contributed by atoms with Crippen LogP contribution in [0.1, 0.15) is 59.3 Å². The Kier molecular flexibility index (Phi) is 4.17. The lowest BCUT2D eigenvalue weighted by Gasteiger charge is -2.63. The number of fused-ring (bicyclic) bond motifs is 2. The summed E-state index contributed by atoms with van der Waals surface area (Å²) in [5.41, 5.74) is -0.256. The Labute approximate surface area is 165 Å². The molecule has 0 amide bonds. The molecule has 5 nitrogen and oxygen atoms in total. The molecule has 3 unspecified atom stereocenters. The molecule has 2 aliphatic heterocycles. The van der Waals surface area contributed by atoms with Crippen LogP contribution in [0.25, 0.3) is 0 Å². The Balaban J connectivity index is 1.51. The van der Waals surface area contributed by atoms with Gasteiger partial charge in [0.25, 0.3) is 0 Å². The second-order valence-corrected chi connectivity index (χ2v) is 10.4. The number of aromatic nitrogens is 2. The highest BCUT2D eigenvalue weighted by atomic mass is 19.1. The minimum atomic E-state index is -0.514. The van der Waals surface area contributed by atoms with Gasteiger partial charge < -0.3 is 10.1 Å². The standard InChI is InChI=1S/C22H32FN3O2/c1-12-4-5-16-13(2)18(25-19-17(23)10-24-20(27)26-19)8-14-9-21(3)7-6-15(12)22(14,16)28-11-21/h10,12-16,18H,4-9,11H2,1-3H3,(H2,24,25,26,27)/t12-,13-,14-,15+,16?,18?,21?,22-/m1/s1. The van der Waals surface area contributed by atoms with E-state index in [0.717, 1.165) is 19.2 Å². The molecule has 154 valence electrons. The molecule has 1 aromatic heterocycles. The molecule has 3 saturated carbocycles. The molecular formula is C22H32FN3O2. The average Bonchev–Trinajstić information content (AvgIpc) is 2.88. The van der Waals surface area contributed by atoms with Crippen LogP contribution in [0.2, 0.25) is 0 Å². The zero-order valence-electron chi connectivity index (χ0n) is 17.1. The number of halogens is 1. The lowest BCUT2D eigenvalue weighted by molar-refractivity contribution is -0.251. The van der Waals surface area contributed by atoms with Crippen molar-refractivity contribution in [3.05, 3.63) is 22.5 Å². The first-order valence-electron chi connectivity index (χ1n) is 11.0. The van der Waals surface area contributed by atoms with Crippen LogP contribution in [0.3, 0.4) is 0 Å². The Morgan fingerprint density at radius 1 is 1.29 bits per heavy atom. The van der Waals surface area contributed by atoms with Crippen LogP contribution in [0.15, 0.2) is 11.0 Å². The minimum absolute atomic E-state index is 0.00449. The van der Waals surface area contributed by atoms with Gasteiger partial charge in [0, 0.05) is 6.04 Å². The van der Waals surface area contributed by atoms with E-state index in [1.807, 2.05) is 0 Å². The SMILES string of the molecule is C[C@H]1C(Nc2[nH]c(=O)ncc2F)C[C@@H]2CC3(C)CC[C@H]4[C@H](C)CCC1[C@@]24OC3. The third-order valence-corrected chi connectivity index (χ3v) is 8.79. The Bertz CT molecular complexity index is 828. The second kappa shape index (κ2) is 6.28. The molecule has 0 radical (unpaired) electrons. The van der Waals surface area contributed by atoms with Crippen molar-refractivity contribution < 1.29 is 9.13 Å². The second-order valence-electron chi connectivity index (χ2n) is 10.4. The summed E-state index contributed by atoms with van der Waals surface area (Å²) in [5.74, 6) is 2.39. The number of ether oxygens (including phenoxy) is 1. The van der Waals surface area contributed by atoms with Gasteiger partial charge in [-0.05, 0) is 73.5 Å². The third-order valence-electron chi connectivity index (χ3n) is 8.79. The lowest BCUT2D eigenvalue weighted by Crippen LogP contribution is -2.66. The zero-order valence-corrected chi connectivity index (χ0v) is 17.1. The van der Waals surface area contributed by atoms with E-state index < -0.39 is 11.5 Å². The normalized spacial score (nSPS) is 47.3. The summed E-state index contributed by atoms with van der Waals surface area (Å²) in [6.07, 6.45) is 8.15. The maximum Gasteiger partial charge on any atom is 0.346 e. The van der Waals surface area contributed by atoms with E-state index in [-0.39, 0.29) is 22.9 Å². The van der Waals surface area contributed by atoms with Gasteiger partial charge in [-0.15, -0.1) is 0 Å². The fourth-order valence-corrected chi connectivity index (χ4v) is 7.43. The van der Waals surface area contributed by atoms with E-state index in [1.165, 1.54) is 32.1 Å². The van der Waals surface area contributed by atoms with Crippen molar-refractivity contribution in [2.45, 2.75) is 70.9 Å². The van der Waals surface area contributed by atoms with Crippen LogP contribution < -0.4 is 11.0 Å². The van der Waals surface area contributed by atoms with Crippen molar-refractivity contribution in [1.82, 2.24) is 9.97 Å². The average molecular weight is 390 g/mol. The summed E-state index contributed by atoms with van der Waals surface area (Å²) in [4.78, 5) is 17.6. The summed E-state index contributed by atoms with van der Waals surface area (Å²) in [6.45, 7) is 7.99. The molecule has 3 heterocycles. The summed E-state index contributed by atoms with van der Waals surface area (Å²) in [6, 6.07) is 0.133. The summed E-state index contributed by atoms with van der Waals surface area (Å²) >= 11 is 0. The molecule has 2 bridgehead atoms. The van der Waals surface area contributed by atoms with Gasteiger partial charge in [0.05, 0.1) is 18.4 Å². The van der Waals surface area contributed by atoms with E-state index in [1.54, 1.807) is 0 Å². The van der Waals surface area contributed by atoms with Gasteiger partial charge in [0.15, 0.2) is 5.82 Å². The van der Waals surface area contributed by atoms with Crippen LogP contribution in [-0.2, 0) is 4.74 Å². The van der Waals surface area contributed by atoms with Gasteiger partial charge in [0.1, 0.15) is 5.82 Å². The van der Waals surface area contributed by atoms with Crippen molar-refractivity contribution in [2.24, 2.45) is 35.0 Å². The lowest BCUT2D eigenvalue weighted by atomic mass is 9.50. The molecule has 2 N–H and O–H groups in total. The molecule has 8 atom stereocenters. The predicted molar refractivity (Wildman–Crippen MR) is 106 cm³/mol. The molecular weight excluding hydrogens is 357 g/mol. The fourth-order valence-electron chi connectivity index (χ4n) is 7.43. The van der Waals surface area contributed by atoms with Gasteiger partial charge in [-0.2, -0.15) is 4.98 Å². The number of hydrogen-bond donors (Lipinski definition) is 2. The molecule has 1 aromatic rings. The first-order valence-corrected chi connectivity index (χ1v) is 11.0. The largest absolute Gasteiger partial charge is 0.374 e. The molecule has 0 aromatic carbocycles. The highest BCUT2D eigenvalue weighted by molar-refractivity contribution is 5.36. The quantitative estimate of drug-likeness (QED) is 0.803. The summed E-state index contributed by atoms with van der Waals surface area (Å²) < 4.78 is 21.1. The van der Waals surface area contributed by atoms with E-state index in [2.05, 4.69) is 36.1 Å². The third kappa shape index (κ3) is 2.59. The minimum Gasteiger partial charge on any atom is -0.374 e. The van der Waals surface area contributed by atoms with Crippen LogP contribution in [0.5, 0.6) is 0 Å². The first kappa shape index (κ1) is 18.6. The van der Waals surface area contributed by atoms with Crippen LogP contribution >= 0.6 is 0 Å². The van der Waals surface area contributed by atoms with Gasteiger partial charge >= 0.3 is 5.69 Å². The van der Waals surface area contributed by atoms with Crippen molar-refractivity contribution in [1.29, 1.82) is 0 Å². The molecule has 6 heteroatoms. The molecule has 6 rings (SSSR count). The topological polar surface area (TPSA) is 67.0 Å². The smallest absolute Gasteiger partial charge is 0.346 e. The molecule has 3 aliphatic carbocycles. The van der Waals surface area contributed by atoms with Crippen molar-refractivity contribution in [3.63, 3.8) is 0 Å². The maximum absolute atomic E-state index is 14.2. The van der Waals surface area contributed by atoms with Crippen LogP contribution in [0, 0.1) is 40.8 Å². The van der Waals surface area contributed by atoms with Crippen molar-refractivity contribution in [2.75, 3.05) is 11.9 Å². The Hall–Kier alpha value is -1.43. The number of H-pyrrole nitrogens is 1. The Morgan fingerprint density at radius 3 is 2.93 bits per heavy atom. The van der Waals surface area contributed by atoms with Gasteiger partial charge in [-0.1, -0.05) is 20.8 Å². The summed E-state index contributed by atoms with van der Waals surface area (Å²) in [5, 5.41) is 3.35. The highest BCUT2D eigenvalue weighted by Crippen LogP contribution is 2.64. The monoisotopic (exact) mass is 389 g/mol. The molecule has 1 spiro atoms. The number of rotatable bonds is 2. The fraction of sp³-hybridized carbons (Fsp3) is 0.818. The number of anilines is 1. The Morgan fingerprint density at radius 2 is 2.11 bits per heavy atom. The van der Waals surface area contributed by atoms with Gasteiger partial charge in [0.2, 0.25) is 0 Å². The van der Waals surface area contributed by atoms with Gasteiger partial charge in [-0.25, -0.2) is 9.18 Å². The maximum atomic E-state index is 14.2. The molecule has 5 aliphatic rings. The van der Waals surface area contributed by atoms with E-state index in [9.17, 15) is 9.18 Å². The van der Waals surface area contributed by atoms with Crippen LogP contribution in [0.4, 0.5) is 10.2 Å². The molecule has 5 fully saturated rings. The number of nitrogens with one attached hydrogen (secondary N) is 2. The highest BCUT2D eigenvalue weighted by Gasteiger charge is 2.65. The number of hydrogen-bond acceptors (Lipinski definition) is 4. The van der Waals surface area contributed by atoms with E-state index in [4.69, 9.17) is 4.74 Å².